The molecular weight excluding hydrogens is 256 g/mol. The second-order valence-electron chi connectivity index (χ2n) is 4.60. The lowest BCUT2D eigenvalue weighted by Crippen LogP contribution is -2.39. The van der Waals surface area contributed by atoms with Crippen molar-refractivity contribution in [1.82, 2.24) is 4.90 Å². The minimum absolute atomic E-state index is 0.0378. The molecule has 1 amide bonds. The molecule has 1 heterocycles. The molecule has 1 aliphatic heterocycles. The normalized spacial score (nSPS) is 22.5. The smallest absolute Gasteiger partial charge is 0.343 e. The number of nitrogens with zero attached hydrogens (tertiary/aromatic N) is 1. The Morgan fingerprint density at radius 3 is 2.63 bits per heavy atom. The number of hydrogen-bond acceptors (Lipinski definition) is 2. The van der Waals surface area contributed by atoms with Gasteiger partial charge in [0.2, 0.25) is 11.6 Å². The highest BCUT2D eigenvalue weighted by molar-refractivity contribution is 5.83. The molecule has 0 aromatic heterocycles. The van der Waals surface area contributed by atoms with Gasteiger partial charge in [-0.3, -0.25) is 4.79 Å². The van der Waals surface area contributed by atoms with Crippen LogP contribution >= 0.6 is 0 Å². The number of amides is 1. The van der Waals surface area contributed by atoms with Gasteiger partial charge in [-0.25, -0.2) is 13.6 Å². The Balaban J connectivity index is 2.03. The van der Waals surface area contributed by atoms with E-state index in [-0.39, 0.29) is 24.9 Å². The van der Waals surface area contributed by atoms with Crippen LogP contribution in [-0.4, -0.2) is 40.6 Å². The summed E-state index contributed by atoms with van der Waals surface area (Å²) in [6.07, 6.45) is -0.423. The molecule has 1 unspecified atom stereocenters. The van der Waals surface area contributed by atoms with Gasteiger partial charge in [-0.2, -0.15) is 0 Å². The van der Waals surface area contributed by atoms with Crippen LogP contribution in [0.4, 0.5) is 8.78 Å². The highest BCUT2D eigenvalue weighted by Gasteiger charge is 2.46. The van der Waals surface area contributed by atoms with Gasteiger partial charge in [0.15, 0.2) is 0 Å². The zero-order valence-electron chi connectivity index (χ0n) is 10.1. The van der Waals surface area contributed by atoms with Crippen molar-refractivity contribution in [3.8, 4) is 0 Å². The quantitative estimate of drug-likeness (QED) is 0.902. The van der Waals surface area contributed by atoms with Gasteiger partial charge in [-0.05, 0) is 11.6 Å². The van der Waals surface area contributed by atoms with Gasteiger partial charge in [0.25, 0.3) is 0 Å². The number of likely N-dealkylation sites (tertiary alicyclic amines) is 1. The van der Waals surface area contributed by atoms with Crippen LogP contribution in [0.1, 0.15) is 12.0 Å². The van der Waals surface area contributed by atoms with E-state index in [2.05, 4.69) is 0 Å². The molecule has 4 nitrogen and oxygen atoms in total. The Morgan fingerprint density at radius 1 is 1.37 bits per heavy atom. The molecule has 1 saturated heterocycles. The Hall–Kier alpha value is -1.98. The molecule has 1 aromatic carbocycles. The summed E-state index contributed by atoms with van der Waals surface area (Å²) < 4.78 is 27.2. The van der Waals surface area contributed by atoms with E-state index in [1.807, 2.05) is 0 Å². The lowest BCUT2D eigenvalue weighted by atomic mass is 10.1. The van der Waals surface area contributed by atoms with Gasteiger partial charge in [-0.1, -0.05) is 18.2 Å². The number of alkyl halides is 1. The van der Waals surface area contributed by atoms with Crippen molar-refractivity contribution in [3.05, 3.63) is 35.6 Å². The van der Waals surface area contributed by atoms with E-state index in [1.54, 1.807) is 6.07 Å². The molecule has 2 rings (SSSR count). The van der Waals surface area contributed by atoms with Crippen molar-refractivity contribution in [2.24, 2.45) is 0 Å². The van der Waals surface area contributed by atoms with E-state index in [0.29, 0.717) is 0 Å². The maximum atomic E-state index is 13.8. The minimum Gasteiger partial charge on any atom is -0.479 e. The third-order valence-corrected chi connectivity index (χ3v) is 3.25. The summed E-state index contributed by atoms with van der Waals surface area (Å²) in [6, 6.07) is 5.83. The fourth-order valence-corrected chi connectivity index (χ4v) is 2.08. The maximum Gasteiger partial charge on any atom is 0.343 e. The first-order valence-corrected chi connectivity index (χ1v) is 5.86. The third-order valence-electron chi connectivity index (χ3n) is 3.25. The zero-order valence-corrected chi connectivity index (χ0v) is 10.1. The summed E-state index contributed by atoms with van der Waals surface area (Å²) in [7, 11) is 0. The number of halogens is 2. The van der Waals surface area contributed by atoms with Crippen molar-refractivity contribution in [2.75, 3.05) is 13.1 Å². The first-order valence-electron chi connectivity index (χ1n) is 5.86. The average Bonchev–Trinajstić information content (AvgIpc) is 2.76. The van der Waals surface area contributed by atoms with Crippen LogP contribution in [0, 0.1) is 5.82 Å². The first kappa shape index (κ1) is 13.5. The van der Waals surface area contributed by atoms with E-state index >= 15 is 0 Å². The SMILES string of the molecule is O=C(Cc1ccccc1F)N1CCC(F)(C(=O)O)C1. The molecular formula is C13H13F2NO3. The topological polar surface area (TPSA) is 57.6 Å². The molecule has 6 heteroatoms. The molecule has 0 aliphatic carbocycles. The van der Waals surface area contributed by atoms with E-state index < -0.39 is 29.9 Å². The number of carbonyl (C=O) groups excluding carboxylic acids is 1. The van der Waals surface area contributed by atoms with Gasteiger partial charge in [0, 0.05) is 13.0 Å². The fraction of sp³-hybridized carbons (Fsp3) is 0.385. The number of carboxylic acids is 1. The summed E-state index contributed by atoms with van der Waals surface area (Å²) in [4.78, 5) is 23.7. The van der Waals surface area contributed by atoms with Crippen LogP contribution in [0.2, 0.25) is 0 Å². The Kier molecular flexibility index (Phi) is 3.50. The second-order valence-corrected chi connectivity index (χ2v) is 4.60. The Labute approximate surface area is 108 Å². The predicted molar refractivity (Wildman–Crippen MR) is 62.8 cm³/mol. The molecule has 1 aliphatic rings. The number of carboxylic acid groups (broad SMARTS) is 1. The molecule has 19 heavy (non-hydrogen) atoms. The Bertz CT molecular complexity index is 520. The second kappa shape index (κ2) is 4.95. The van der Waals surface area contributed by atoms with Crippen LogP contribution in [0.25, 0.3) is 0 Å². The number of carbonyl (C=O) groups is 2. The van der Waals surface area contributed by atoms with Crippen LogP contribution in [0.15, 0.2) is 24.3 Å². The first-order chi connectivity index (χ1) is 8.92. The third kappa shape index (κ3) is 2.72. The molecule has 0 saturated carbocycles. The highest BCUT2D eigenvalue weighted by atomic mass is 19.1. The van der Waals surface area contributed by atoms with E-state index in [1.165, 1.54) is 18.2 Å². The molecule has 1 aromatic rings. The average molecular weight is 269 g/mol. The van der Waals surface area contributed by atoms with Crippen LogP contribution in [0.3, 0.4) is 0 Å². The number of hydrogen-bond donors (Lipinski definition) is 1. The molecule has 0 radical (unpaired) electrons. The van der Waals surface area contributed by atoms with Gasteiger partial charge in [-0.15, -0.1) is 0 Å². The molecule has 0 spiro atoms. The van der Waals surface area contributed by atoms with Crippen LogP contribution < -0.4 is 0 Å². The molecule has 0 bridgehead atoms. The number of benzene rings is 1. The lowest BCUT2D eigenvalue weighted by molar-refractivity contribution is -0.150. The summed E-state index contributed by atoms with van der Waals surface area (Å²) in [6.45, 7) is -0.439. The van der Waals surface area contributed by atoms with E-state index in [4.69, 9.17) is 5.11 Å². The van der Waals surface area contributed by atoms with Gasteiger partial charge in [0.1, 0.15) is 5.82 Å². The van der Waals surface area contributed by atoms with E-state index in [9.17, 15) is 18.4 Å². The summed E-state index contributed by atoms with van der Waals surface area (Å²) >= 11 is 0. The summed E-state index contributed by atoms with van der Waals surface area (Å²) in [5.41, 5.74) is -2.16. The van der Waals surface area contributed by atoms with Crippen molar-refractivity contribution in [3.63, 3.8) is 0 Å². The standard InChI is InChI=1S/C13H13F2NO3/c14-10-4-2-1-3-9(10)7-11(17)16-6-5-13(15,8-16)12(18)19/h1-4H,5-8H2,(H,18,19). The summed E-state index contributed by atoms with van der Waals surface area (Å²) in [5.74, 6) is -2.53. The molecule has 1 fully saturated rings. The fourth-order valence-electron chi connectivity index (χ4n) is 2.08. The predicted octanol–water partition coefficient (Wildman–Crippen LogP) is 1.39. The largest absolute Gasteiger partial charge is 0.479 e. The number of rotatable bonds is 3. The van der Waals surface area contributed by atoms with Crippen LogP contribution in [0.5, 0.6) is 0 Å². The number of aliphatic carboxylic acids is 1. The van der Waals surface area contributed by atoms with Crippen molar-refractivity contribution < 1.29 is 23.5 Å². The van der Waals surface area contributed by atoms with E-state index in [0.717, 1.165) is 4.90 Å². The Morgan fingerprint density at radius 2 is 2.05 bits per heavy atom. The highest BCUT2D eigenvalue weighted by Crippen LogP contribution is 2.26. The molecule has 1 atom stereocenters. The van der Waals surface area contributed by atoms with Crippen molar-refractivity contribution >= 4 is 11.9 Å². The van der Waals surface area contributed by atoms with Crippen molar-refractivity contribution in [2.45, 2.75) is 18.5 Å². The molecule has 1 N–H and O–H groups in total. The minimum atomic E-state index is -2.38. The van der Waals surface area contributed by atoms with Crippen LogP contribution in [-0.2, 0) is 16.0 Å². The van der Waals surface area contributed by atoms with Crippen molar-refractivity contribution in [1.29, 1.82) is 0 Å². The zero-order chi connectivity index (χ0) is 14.0. The maximum absolute atomic E-state index is 13.8. The lowest BCUT2D eigenvalue weighted by Gasteiger charge is -2.17. The van der Waals surface area contributed by atoms with Gasteiger partial charge >= 0.3 is 5.97 Å². The van der Waals surface area contributed by atoms with Gasteiger partial charge < -0.3 is 10.0 Å². The summed E-state index contributed by atoms with van der Waals surface area (Å²) in [5, 5.41) is 8.73. The van der Waals surface area contributed by atoms with Gasteiger partial charge in [0.05, 0.1) is 13.0 Å². The monoisotopic (exact) mass is 269 g/mol. The molecule has 102 valence electrons.